The van der Waals surface area contributed by atoms with Gasteiger partial charge in [0.05, 0.1) is 0 Å². The predicted molar refractivity (Wildman–Crippen MR) is 142 cm³/mol. The molecule has 3 rings (SSSR count). The highest BCUT2D eigenvalue weighted by Crippen LogP contribution is 2.40. The Hall–Kier alpha value is -1.88. The van der Waals surface area contributed by atoms with E-state index in [1.165, 1.54) is 114 Å². The molecular formula is C32H46FN. The van der Waals surface area contributed by atoms with Crippen LogP contribution in [-0.4, -0.2) is 0 Å². The van der Waals surface area contributed by atoms with Crippen molar-refractivity contribution in [1.29, 1.82) is 5.26 Å². The van der Waals surface area contributed by atoms with Crippen LogP contribution in [0, 0.1) is 29.1 Å². The Morgan fingerprint density at radius 3 is 2.06 bits per heavy atom. The SMILES string of the molecule is CCCCCc1ccc([C@H]2CC[C@H](CC[C@H]3CC[C@H](CCC=CC=C(F)C#N)CC3)CC2)cc1. The molecule has 0 amide bonds. The van der Waals surface area contributed by atoms with Gasteiger partial charge in [0.1, 0.15) is 6.07 Å². The molecule has 0 unspecified atom stereocenters. The van der Waals surface area contributed by atoms with Crippen LogP contribution in [0.4, 0.5) is 4.39 Å². The summed E-state index contributed by atoms with van der Waals surface area (Å²) in [5.74, 6) is 2.81. The second kappa shape index (κ2) is 15.2. The quantitative estimate of drug-likeness (QED) is 0.172. The smallest absolute Gasteiger partial charge is 0.195 e. The molecule has 0 radical (unpaired) electrons. The molecule has 1 aromatic carbocycles. The number of nitrogens with zero attached hydrogens (tertiary/aromatic N) is 1. The lowest BCUT2D eigenvalue weighted by Gasteiger charge is -2.32. The molecule has 0 spiro atoms. The van der Waals surface area contributed by atoms with Gasteiger partial charge in [0.2, 0.25) is 0 Å². The highest BCUT2D eigenvalue weighted by molar-refractivity contribution is 5.26. The van der Waals surface area contributed by atoms with E-state index in [4.69, 9.17) is 5.26 Å². The van der Waals surface area contributed by atoms with Crippen LogP contribution in [0.15, 0.2) is 48.3 Å². The summed E-state index contributed by atoms with van der Waals surface area (Å²) in [5.41, 5.74) is 3.09. The molecule has 2 heteroatoms. The molecule has 2 aliphatic carbocycles. The lowest BCUT2D eigenvalue weighted by molar-refractivity contribution is 0.225. The predicted octanol–water partition coefficient (Wildman–Crippen LogP) is 9.99. The molecule has 0 N–H and O–H groups in total. The average Bonchev–Trinajstić information content (AvgIpc) is 2.89. The second-order valence-electron chi connectivity index (χ2n) is 11.0. The lowest BCUT2D eigenvalue weighted by atomic mass is 9.74. The maximum absolute atomic E-state index is 12.8. The van der Waals surface area contributed by atoms with Gasteiger partial charge in [-0.3, -0.25) is 0 Å². The van der Waals surface area contributed by atoms with Crippen molar-refractivity contribution in [3.05, 3.63) is 59.4 Å². The number of rotatable bonds is 12. The van der Waals surface area contributed by atoms with Crippen LogP contribution in [0.2, 0.25) is 0 Å². The Bertz CT molecular complexity index is 783. The summed E-state index contributed by atoms with van der Waals surface area (Å²) in [6.07, 6.45) is 26.4. The van der Waals surface area contributed by atoms with Crippen molar-refractivity contribution in [3.63, 3.8) is 0 Å². The van der Waals surface area contributed by atoms with Gasteiger partial charge >= 0.3 is 0 Å². The molecule has 2 fully saturated rings. The highest BCUT2D eigenvalue weighted by atomic mass is 19.1. The molecular weight excluding hydrogens is 417 g/mol. The summed E-state index contributed by atoms with van der Waals surface area (Å²) in [4.78, 5) is 0. The molecule has 2 aliphatic rings. The first kappa shape index (κ1) is 26.7. The van der Waals surface area contributed by atoms with Crippen molar-refractivity contribution < 1.29 is 4.39 Å². The monoisotopic (exact) mass is 463 g/mol. The fraction of sp³-hybridized carbons (Fsp3) is 0.656. The van der Waals surface area contributed by atoms with Gasteiger partial charge in [-0.05, 0) is 92.2 Å². The molecule has 0 aromatic heterocycles. The van der Waals surface area contributed by atoms with Crippen molar-refractivity contribution >= 4 is 0 Å². The number of benzene rings is 1. The molecule has 0 saturated heterocycles. The third-order valence-corrected chi connectivity index (χ3v) is 8.54. The third kappa shape index (κ3) is 9.40. The van der Waals surface area contributed by atoms with Crippen molar-refractivity contribution in [3.8, 4) is 6.07 Å². The molecule has 1 nitrogen and oxygen atoms in total. The summed E-state index contributed by atoms with van der Waals surface area (Å²) in [7, 11) is 0. The molecule has 0 aliphatic heterocycles. The van der Waals surface area contributed by atoms with E-state index in [-0.39, 0.29) is 0 Å². The van der Waals surface area contributed by atoms with Gasteiger partial charge in [-0.2, -0.15) is 9.65 Å². The molecule has 0 heterocycles. The summed E-state index contributed by atoms with van der Waals surface area (Å²) in [5, 5.41) is 8.41. The van der Waals surface area contributed by atoms with Crippen LogP contribution >= 0.6 is 0 Å². The van der Waals surface area contributed by atoms with Crippen LogP contribution in [0.25, 0.3) is 0 Å². The minimum atomic E-state index is -0.711. The zero-order valence-electron chi connectivity index (χ0n) is 21.5. The number of hydrogen-bond donors (Lipinski definition) is 0. The van der Waals surface area contributed by atoms with Crippen LogP contribution in [0.1, 0.15) is 120 Å². The van der Waals surface area contributed by atoms with E-state index in [0.717, 1.165) is 30.1 Å². The van der Waals surface area contributed by atoms with Gasteiger partial charge < -0.3 is 0 Å². The lowest BCUT2D eigenvalue weighted by Crippen LogP contribution is -2.17. The van der Waals surface area contributed by atoms with E-state index in [2.05, 4.69) is 31.2 Å². The minimum Gasteiger partial charge on any atom is -0.195 e. The van der Waals surface area contributed by atoms with Gasteiger partial charge in [-0.25, -0.2) is 0 Å². The van der Waals surface area contributed by atoms with Crippen LogP contribution in [0.3, 0.4) is 0 Å². The van der Waals surface area contributed by atoms with E-state index < -0.39 is 5.83 Å². The zero-order chi connectivity index (χ0) is 24.0. The van der Waals surface area contributed by atoms with E-state index in [1.54, 1.807) is 11.6 Å². The summed E-state index contributed by atoms with van der Waals surface area (Å²) < 4.78 is 12.8. The Morgan fingerprint density at radius 2 is 1.47 bits per heavy atom. The number of unbranched alkanes of at least 4 members (excludes halogenated alkanes) is 2. The first-order chi connectivity index (χ1) is 16.7. The topological polar surface area (TPSA) is 23.8 Å². The molecule has 186 valence electrons. The fourth-order valence-electron chi connectivity index (χ4n) is 6.22. The largest absolute Gasteiger partial charge is 0.199 e. The van der Waals surface area contributed by atoms with Gasteiger partial charge in [-0.1, -0.05) is 94.7 Å². The van der Waals surface area contributed by atoms with Gasteiger partial charge in [0.15, 0.2) is 5.83 Å². The van der Waals surface area contributed by atoms with Gasteiger partial charge in [0.25, 0.3) is 0 Å². The normalized spacial score (nSPS) is 26.0. The standard InChI is InChI=1S/C32H46FN/c1-2-3-5-8-27-17-21-30(22-18-27)31-23-19-29(20-24-31)16-15-28-13-11-26(12-14-28)9-6-4-7-10-32(33)25-34/h4,7,10,17-18,21-22,26,28-29,31H,2-3,5-6,8-9,11-16,19-20,23-24H2,1H3/t26-,28-,29-,31-. The van der Waals surface area contributed by atoms with E-state index >= 15 is 0 Å². The van der Waals surface area contributed by atoms with Crippen molar-refractivity contribution in [2.75, 3.05) is 0 Å². The highest BCUT2D eigenvalue weighted by Gasteiger charge is 2.25. The number of allylic oxidation sites excluding steroid dienone is 4. The van der Waals surface area contributed by atoms with Crippen LogP contribution in [0.5, 0.6) is 0 Å². The number of aryl methyl sites for hydroxylation is 1. The third-order valence-electron chi connectivity index (χ3n) is 8.54. The molecule has 0 atom stereocenters. The summed E-state index contributed by atoms with van der Waals surface area (Å²) in [6, 6.07) is 11.1. The first-order valence-corrected chi connectivity index (χ1v) is 14.2. The van der Waals surface area contributed by atoms with Crippen LogP contribution < -0.4 is 0 Å². The molecule has 2 saturated carbocycles. The zero-order valence-corrected chi connectivity index (χ0v) is 21.5. The van der Waals surface area contributed by atoms with E-state index in [1.807, 2.05) is 6.08 Å². The fourth-order valence-corrected chi connectivity index (χ4v) is 6.22. The number of nitriles is 1. The molecule has 0 bridgehead atoms. The Balaban J connectivity index is 1.27. The Labute approximate surface area is 208 Å². The van der Waals surface area contributed by atoms with E-state index in [0.29, 0.717) is 0 Å². The first-order valence-electron chi connectivity index (χ1n) is 14.2. The summed E-state index contributed by atoms with van der Waals surface area (Å²) >= 11 is 0. The Kier molecular flexibility index (Phi) is 11.9. The minimum absolute atomic E-state index is 0.711. The van der Waals surface area contributed by atoms with E-state index in [9.17, 15) is 4.39 Å². The molecule has 1 aromatic rings. The number of hydrogen-bond acceptors (Lipinski definition) is 1. The number of halogens is 1. The molecule has 34 heavy (non-hydrogen) atoms. The maximum atomic E-state index is 12.8. The van der Waals surface area contributed by atoms with Crippen LogP contribution in [-0.2, 0) is 6.42 Å². The second-order valence-corrected chi connectivity index (χ2v) is 11.0. The maximum Gasteiger partial charge on any atom is 0.199 e. The summed E-state index contributed by atoms with van der Waals surface area (Å²) in [6.45, 7) is 2.27. The van der Waals surface area contributed by atoms with Gasteiger partial charge in [0, 0.05) is 0 Å². The van der Waals surface area contributed by atoms with Crippen molar-refractivity contribution in [2.45, 2.75) is 116 Å². The van der Waals surface area contributed by atoms with Crippen molar-refractivity contribution in [1.82, 2.24) is 0 Å². The average molecular weight is 464 g/mol. The van der Waals surface area contributed by atoms with Crippen molar-refractivity contribution in [2.24, 2.45) is 17.8 Å². The Morgan fingerprint density at radius 1 is 0.882 bits per heavy atom. The van der Waals surface area contributed by atoms with Gasteiger partial charge in [-0.15, -0.1) is 0 Å².